The van der Waals surface area contributed by atoms with Crippen molar-refractivity contribution in [2.45, 2.75) is 32.1 Å². The normalized spacial score (nSPS) is 12.7. The van der Waals surface area contributed by atoms with Gasteiger partial charge in [-0.1, -0.05) is 0 Å². The number of hydrogen-bond acceptors (Lipinski definition) is 23. The maximum atomic E-state index is 11.7. The summed E-state index contributed by atoms with van der Waals surface area (Å²) >= 11 is 0. The van der Waals surface area contributed by atoms with Gasteiger partial charge in [-0.25, -0.2) is 9.59 Å². The molecule has 2 N–H and O–H groups in total. The zero-order chi connectivity index (χ0) is 45.1. The van der Waals surface area contributed by atoms with Crippen LogP contribution >= 0.6 is 0 Å². The summed E-state index contributed by atoms with van der Waals surface area (Å²) in [7, 11) is 0. The molecule has 1 aliphatic rings. The number of rotatable bonds is 45. The lowest BCUT2D eigenvalue weighted by Crippen LogP contribution is -2.32. The van der Waals surface area contributed by atoms with Gasteiger partial charge in [0.2, 0.25) is 0 Å². The van der Waals surface area contributed by atoms with Crippen LogP contribution in [0.4, 0.5) is 4.79 Å². The summed E-state index contributed by atoms with van der Waals surface area (Å²) < 4.78 is 70.3. The van der Waals surface area contributed by atoms with Crippen LogP contribution in [0.1, 0.15) is 30.9 Å². The smallest absolute Gasteiger partial charge is 0.407 e. The van der Waals surface area contributed by atoms with E-state index in [0.29, 0.717) is 162 Å². The number of nitrogens with zero attached hydrogens (tertiary/aromatic N) is 5. The third-order valence-corrected chi connectivity index (χ3v) is 7.71. The van der Waals surface area contributed by atoms with Crippen LogP contribution in [0.3, 0.4) is 0 Å². The molecule has 1 aliphatic heterocycles. The molecule has 0 saturated carbocycles. The number of alkyl carbamates (subject to hydrolysis) is 1. The lowest BCUT2D eigenvalue weighted by molar-refractivity contribution is -0.198. The van der Waals surface area contributed by atoms with Gasteiger partial charge in [-0.2, -0.15) is 0 Å². The van der Waals surface area contributed by atoms with E-state index >= 15 is 0 Å². The number of hydrogen-bond donors (Lipinski definition) is 2. The van der Waals surface area contributed by atoms with Crippen molar-refractivity contribution in [3.05, 3.63) is 11.6 Å². The highest BCUT2D eigenvalue weighted by molar-refractivity contribution is 6.01. The summed E-state index contributed by atoms with van der Waals surface area (Å²) in [6.07, 6.45) is -0.000939. The molecule has 1 aromatic heterocycles. The van der Waals surface area contributed by atoms with Gasteiger partial charge in [-0.3, -0.25) is 9.59 Å². The number of ether oxygens (including phenoxy) is 13. The molecule has 1 saturated heterocycles. The van der Waals surface area contributed by atoms with E-state index in [1.807, 2.05) is 0 Å². The van der Waals surface area contributed by atoms with Crippen molar-refractivity contribution in [1.82, 2.24) is 30.8 Å². The van der Waals surface area contributed by atoms with Crippen LogP contribution in [0.2, 0.25) is 0 Å². The molecule has 25 nitrogen and oxygen atoms in total. The van der Waals surface area contributed by atoms with Crippen molar-refractivity contribution < 1.29 is 90.7 Å². The van der Waals surface area contributed by atoms with Crippen LogP contribution in [-0.4, -0.2) is 233 Å². The van der Waals surface area contributed by atoms with Crippen molar-refractivity contribution >= 4 is 23.9 Å². The minimum absolute atomic E-state index is 0.0517. The first kappa shape index (κ1) is 55.4. The Morgan fingerprint density at radius 2 is 0.778 bits per heavy atom. The maximum absolute atomic E-state index is 11.7. The standard InChI is InChI=1S/C38H66N6O19/c45-7-3-33-40-42-34(43-41-33)4-9-62-38(49)39-6-10-51-12-14-53-16-18-55-20-22-57-24-26-59-28-30-61-32-31-60-29-27-58-25-23-56-21-19-54-17-15-52-13-11-50-8-5-37(48)63-44-35(46)1-2-36(44)47/h45H,1-32H2,(H,39,49). The highest BCUT2D eigenvalue weighted by Gasteiger charge is 2.32. The number of amides is 3. The second-order valence-electron chi connectivity index (χ2n) is 12.7. The summed E-state index contributed by atoms with van der Waals surface area (Å²) in [4.78, 5) is 51.0. The van der Waals surface area contributed by atoms with Crippen molar-refractivity contribution in [3.63, 3.8) is 0 Å². The number of hydroxylamine groups is 2. The molecule has 1 fully saturated rings. The van der Waals surface area contributed by atoms with Gasteiger partial charge in [-0.05, 0) is 0 Å². The molecule has 2 heterocycles. The topological polar surface area (TPSA) is 285 Å². The van der Waals surface area contributed by atoms with E-state index in [9.17, 15) is 19.2 Å². The van der Waals surface area contributed by atoms with E-state index in [1.54, 1.807) is 0 Å². The minimum atomic E-state index is -0.707. The molecule has 0 bridgehead atoms. The largest absolute Gasteiger partial charge is 0.449 e. The van der Waals surface area contributed by atoms with Gasteiger partial charge in [-0.15, -0.1) is 25.5 Å². The van der Waals surface area contributed by atoms with Crippen molar-refractivity contribution in [2.75, 3.05) is 178 Å². The maximum Gasteiger partial charge on any atom is 0.407 e. The summed E-state index contributed by atoms with van der Waals surface area (Å²) in [6, 6.07) is 0. The number of aliphatic hydroxyl groups is 1. The van der Waals surface area contributed by atoms with Gasteiger partial charge in [0.15, 0.2) is 11.6 Å². The molecular formula is C38H66N6O19. The molecule has 0 atom stereocenters. The Balaban J connectivity index is 1.15. The second-order valence-corrected chi connectivity index (χ2v) is 12.7. The number of carbonyl (C=O) groups is 4. The molecule has 0 aromatic carbocycles. The van der Waals surface area contributed by atoms with E-state index in [4.69, 9.17) is 71.5 Å². The first-order chi connectivity index (χ1) is 31.0. The summed E-state index contributed by atoms with van der Waals surface area (Å²) in [6.45, 7) is 9.97. The van der Waals surface area contributed by atoms with Crippen LogP contribution in [0, 0.1) is 0 Å². The van der Waals surface area contributed by atoms with Crippen molar-refractivity contribution in [3.8, 4) is 0 Å². The molecule has 362 valence electrons. The molecule has 1 aromatic rings. The average Bonchev–Trinajstić information content (AvgIpc) is 3.60. The van der Waals surface area contributed by atoms with E-state index in [2.05, 4.69) is 25.7 Å². The fraction of sp³-hybridized carbons (Fsp3) is 0.842. The van der Waals surface area contributed by atoms with Gasteiger partial charge in [0.1, 0.15) is 6.61 Å². The number of carbonyl (C=O) groups excluding carboxylic acids is 4. The van der Waals surface area contributed by atoms with Gasteiger partial charge < -0.3 is 76.8 Å². The predicted octanol–water partition coefficient (Wildman–Crippen LogP) is -1.73. The first-order valence-electron chi connectivity index (χ1n) is 21.1. The Morgan fingerprint density at radius 1 is 0.460 bits per heavy atom. The van der Waals surface area contributed by atoms with Crippen LogP contribution in [0.5, 0.6) is 0 Å². The second kappa shape index (κ2) is 41.0. The first-order valence-corrected chi connectivity index (χ1v) is 21.1. The molecule has 0 spiro atoms. The van der Waals surface area contributed by atoms with E-state index in [1.165, 1.54) is 0 Å². The van der Waals surface area contributed by atoms with Crippen LogP contribution in [0.25, 0.3) is 0 Å². The Kier molecular flexibility index (Phi) is 36.1. The summed E-state index contributed by atoms with van der Waals surface area (Å²) in [5.41, 5.74) is 0. The number of nitrogens with one attached hydrogen (secondary N) is 1. The predicted molar refractivity (Wildman–Crippen MR) is 213 cm³/mol. The Morgan fingerprint density at radius 3 is 1.13 bits per heavy atom. The molecule has 0 aliphatic carbocycles. The van der Waals surface area contributed by atoms with Crippen LogP contribution in [-0.2, 0) is 93.6 Å². The highest BCUT2D eigenvalue weighted by atomic mass is 16.7. The lowest BCUT2D eigenvalue weighted by Gasteiger charge is -2.12. The zero-order valence-electron chi connectivity index (χ0n) is 36.2. The lowest BCUT2D eigenvalue weighted by atomic mass is 10.4. The van der Waals surface area contributed by atoms with E-state index in [0.717, 1.165) is 0 Å². The monoisotopic (exact) mass is 910 g/mol. The van der Waals surface area contributed by atoms with Crippen LogP contribution in [0.15, 0.2) is 0 Å². The summed E-state index contributed by atoms with van der Waals surface area (Å²) in [5.74, 6) is -1.05. The molecule has 0 radical (unpaired) electrons. The average molecular weight is 911 g/mol. The fourth-order valence-corrected chi connectivity index (χ4v) is 4.56. The molecule has 25 heteroatoms. The van der Waals surface area contributed by atoms with E-state index < -0.39 is 23.9 Å². The third-order valence-electron chi connectivity index (χ3n) is 7.71. The third kappa shape index (κ3) is 33.5. The van der Waals surface area contributed by atoms with Gasteiger partial charge in [0.25, 0.3) is 11.8 Å². The number of aliphatic hydroxyl groups excluding tert-OH is 1. The molecule has 0 unspecified atom stereocenters. The molecule has 63 heavy (non-hydrogen) atoms. The fourth-order valence-electron chi connectivity index (χ4n) is 4.56. The molecule has 2 rings (SSSR count). The minimum Gasteiger partial charge on any atom is -0.449 e. The number of aromatic nitrogens is 4. The Bertz CT molecular complexity index is 1280. The molecular weight excluding hydrogens is 844 g/mol. The Hall–Kier alpha value is -3.70. The quantitative estimate of drug-likeness (QED) is 0.0543. The number of imide groups is 1. The van der Waals surface area contributed by atoms with Gasteiger partial charge in [0.05, 0.1) is 172 Å². The Labute approximate surface area is 367 Å². The highest BCUT2D eigenvalue weighted by Crippen LogP contribution is 2.12. The molecule has 3 amide bonds. The van der Waals surface area contributed by atoms with Crippen molar-refractivity contribution in [2.24, 2.45) is 0 Å². The zero-order valence-corrected chi connectivity index (χ0v) is 36.2. The van der Waals surface area contributed by atoms with Gasteiger partial charge >= 0.3 is 12.1 Å². The van der Waals surface area contributed by atoms with Crippen molar-refractivity contribution in [1.29, 1.82) is 0 Å². The van der Waals surface area contributed by atoms with Crippen LogP contribution < -0.4 is 5.32 Å². The SMILES string of the molecule is O=C(CCOCCOCCOCCOCCOCCOCCOCCOCCOCCOCCOCCOCCNC(=O)OCCc1nnc(CCO)nn1)ON1C(=O)CCC1=O. The van der Waals surface area contributed by atoms with E-state index in [-0.39, 0.29) is 65.1 Å². The van der Waals surface area contributed by atoms with Gasteiger partial charge in [0, 0.05) is 32.2 Å². The summed E-state index contributed by atoms with van der Waals surface area (Å²) in [5, 5.41) is 27.3.